The minimum absolute atomic E-state index is 0.802. The molecule has 2 heterocycles. The summed E-state index contributed by atoms with van der Waals surface area (Å²) < 4.78 is 10.8. The molecule has 0 spiro atoms. The van der Waals surface area contributed by atoms with Crippen molar-refractivity contribution in [2.45, 2.75) is 13.0 Å². The topological polar surface area (TPSA) is 37.6 Å². The summed E-state index contributed by atoms with van der Waals surface area (Å²) in [7, 11) is 0. The maximum atomic E-state index is 5.77. The summed E-state index contributed by atoms with van der Waals surface area (Å²) >= 11 is 0. The van der Waals surface area contributed by atoms with Crippen molar-refractivity contribution in [2.24, 2.45) is 0 Å². The number of ether oxygens (including phenoxy) is 1. The number of furan rings is 1. The van der Waals surface area contributed by atoms with Gasteiger partial charge in [-0.2, -0.15) is 0 Å². The smallest absolute Gasteiger partial charge is 0.142 e. The quantitative estimate of drug-likeness (QED) is 0.849. The van der Waals surface area contributed by atoms with Crippen molar-refractivity contribution in [3.8, 4) is 5.75 Å². The normalized spacial score (nSPS) is 14.5. The van der Waals surface area contributed by atoms with Crippen molar-refractivity contribution in [1.29, 1.82) is 0 Å². The van der Waals surface area contributed by atoms with Gasteiger partial charge in [0.2, 0.25) is 0 Å². The van der Waals surface area contributed by atoms with Crippen LogP contribution in [0.5, 0.6) is 5.75 Å². The highest BCUT2D eigenvalue weighted by Gasteiger charge is 2.14. The lowest BCUT2D eigenvalue weighted by atomic mass is 10.2. The molecule has 0 unspecified atom stereocenters. The zero-order valence-corrected chi connectivity index (χ0v) is 11.5. The molecule has 1 aromatic carbocycles. The van der Waals surface area contributed by atoms with Gasteiger partial charge in [0.05, 0.1) is 24.8 Å². The molecule has 1 aliphatic rings. The lowest BCUT2D eigenvalue weighted by Gasteiger charge is -2.23. The number of hydrogen-bond donors (Lipinski definition) is 1. The van der Waals surface area contributed by atoms with Crippen LogP contribution < -0.4 is 15.0 Å². The van der Waals surface area contributed by atoms with Gasteiger partial charge in [0, 0.05) is 31.7 Å². The van der Waals surface area contributed by atoms with Crippen LogP contribution in [0.25, 0.3) is 0 Å². The number of rotatable bonds is 5. The molecule has 1 N–H and O–H groups in total. The molecule has 0 saturated carbocycles. The third-order valence-corrected chi connectivity index (χ3v) is 3.50. The second-order valence-electron chi connectivity index (χ2n) is 4.97. The van der Waals surface area contributed by atoms with E-state index in [1.54, 1.807) is 12.5 Å². The summed E-state index contributed by atoms with van der Waals surface area (Å²) in [6.07, 6.45) is 4.55. The minimum Gasteiger partial charge on any atom is -0.491 e. The molecule has 0 amide bonds. The molecule has 0 aliphatic carbocycles. The van der Waals surface area contributed by atoms with Crippen LogP contribution in [0.15, 0.2) is 47.3 Å². The summed E-state index contributed by atoms with van der Waals surface area (Å²) in [5.74, 6) is 1.000. The number of fused-ring (bicyclic) bond motifs is 1. The van der Waals surface area contributed by atoms with Gasteiger partial charge in [0.25, 0.3) is 0 Å². The zero-order chi connectivity index (χ0) is 13.6. The highest BCUT2D eigenvalue weighted by atomic mass is 16.5. The predicted molar refractivity (Wildman–Crippen MR) is 79.2 cm³/mol. The van der Waals surface area contributed by atoms with Crippen molar-refractivity contribution in [1.82, 2.24) is 5.32 Å². The lowest BCUT2D eigenvalue weighted by Crippen LogP contribution is -2.32. The first-order valence-corrected chi connectivity index (χ1v) is 7.12. The molecule has 106 valence electrons. The summed E-state index contributed by atoms with van der Waals surface area (Å²) in [6.45, 7) is 4.63. The van der Waals surface area contributed by atoms with Gasteiger partial charge in [0.15, 0.2) is 0 Å². The van der Waals surface area contributed by atoms with Crippen molar-refractivity contribution >= 4 is 5.69 Å². The van der Waals surface area contributed by atoms with Crippen LogP contribution in [0.3, 0.4) is 0 Å². The summed E-state index contributed by atoms with van der Waals surface area (Å²) in [5.41, 5.74) is 2.39. The SMILES string of the molecule is c1ccc2c(c1)OCCCN2CCNCc1ccoc1. The largest absolute Gasteiger partial charge is 0.491 e. The number of nitrogens with zero attached hydrogens (tertiary/aromatic N) is 1. The monoisotopic (exact) mass is 272 g/mol. The van der Waals surface area contributed by atoms with E-state index in [4.69, 9.17) is 9.15 Å². The minimum atomic E-state index is 0.802. The number of benzene rings is 1. The summed E-state index contributed by atoms with van der Waals surface area (Å²) in [5, 5.41) is 3.44. The van der Waals surface area contributed by atoms with Gasteiger partial charge < -0.3 is 19.4 Å². The highest BCUT2D eigenvalue weighted by Crippen LogP contribution is 2.29. The van der Waals surface area contributed by atoms with Crippen LogP contribution in [0.2, 0.25) is 0 Å². The average Bonchev–Trinajstić information content (AvgIpc) is 2.91. The molecule has 0 saturated heterocycles. The Kier molecular flexibility index (Phi) is 4.23. The van der Waals surface area contributed by atoms with E-state index in [-0.39, 0.29) is 0 Å². The van der Waals surface area contributed by atoms with E-state index < -0.39 is 0 Å². The Morgan fingerprint density at radius 2 is 2.15 bits per heavy atom. The number of para-hydroxylation sites is 2. The highest BCUT2D eigenvalue weighted by molar-refractivity contribution is 5.58. The van der Waals surface area contributed by atoms with E-state index in [9.17, 15) is 0 Å². The van der Waals surface area contributed by atoms with Gasteiger partial charge in [-0.15, -0.1) is 0 Å². The second kappa shape index (κ2) is 6.48. The van der Waals surface area contributed by atoms with E-state index in [0.717, 1.165) is 45.0 Å². The molecule has 4 heteroatoms. The van der Waals surface area contributed by atoms with Gasteiger partial charge in [0.1, 0.15) is 5.75 Å². The van der Waals surface area contributed by atoms with Crippen LogP contribution in [0, 0.1) is 0 Å². The summed E-state index contributed by atoms with van der Waals surface area (Å²) in [4.78, 5) is 2.39. The van der Waals surface area contributed by atoms with E-state index in [0.29, 0.717) is 0 Å². The Labute approximate surface area is 119 Å². The molecular formula is C16H20N2O2. The molecule has 0 fully saturated rings. The van der Waals surface area contributed by atoms with Crippen molar-refractivity contribution < 1.29 is 9.15 Å². The fraction of sp³-hybridized carbons (Fsp3) is 0.375. The third-order valence-electron chi connectivity index (χ3n) is 3.50. The first-order chi connectivity index (χ1) is 9.93. The Balaban J connectivity index is 1.54. The standard InChI is InChI=1S/C16H20N2O2/c1-2-5-16-15(4-1)18(8-3-10-20-16)9-7-17-12-14-6-11-19-13-14/h1-2,4-6,11,13,17H,3,7-10,12H2. The molecule has 3 rings (SSSR count). The first-order valence-electron chi connectivity index (χ1n) is 7.12. The van der Waals surface area contributed by atoms with Crippen LogP contribution in [0.4, 0.5) is 5.69 Å². The van der Waals surface area contributed by atoms with Crippen LogP contribution in [-0.2, 0) is 6.54 Å². The maximum Gasteiger partial charge on any atom is 0.142 e. The molecule has 0 bridgehead atoms. The van der Waals surface area contributed by atoms with Gasteiger partial charge in [-0.3, -0.25) is 0 Å². The molecular weight excluding hydrogens is 252 g/mol. The molecule has 1 aliphatic heterocycles. The van der Waals surface area contributed by atoms with Gasteiger partial charge >= 0.3 is 0 Å². The van der Waals surface area contributed by atoms with Crippen molar-refractivity contribution in [3.63, 3.8) is 0 Å². The fourth-order valence-corrected chi connectivity index (χ4v) is 2.47. The van der Waals surface area contributed by atoms with Gasteiger partial charge in [-0.1, -0.05) is 12.1 Å². The Bertz CT molecular complexity index is 525. The Morgan fingerprint density at radius 3 is 3.05 bits per heavy atom. The molecule has 0 atom stereocenters. The van der Waals surface area contributed by atoms with E-state index >= 15 is 0 Å². The molecule has 20 heavy (non-hydrogen) atoms. The van der Waals surface area contributed by atoms with Crippen LogP contribution >= 0.6 is 0 Å². The molecule has 1 aromatic heterocycles. The average molecular weight is 272 g/mol. The second-order valence-corrected chi connectivity index (χ2v) is 4.97. The van der Waals surface area contributed by atoms with Gasteiger partial charge in [-0.05, 0) is 24.6 Å². The van der Waals surface area contributed by atoms with E-state index in [2.05, 4.69) is 22.3 Å². The van der Waals surface area contributed by atoms with Crippen LogP contribution in [-0.4, -0.2) is 26.2 Å². The molecule has 0 radical (unpaired) electrons. The number of hydrogen-bond acceptors (Lipinski definition) is 4. The zero-order valence-electron chi connectivity index (χ0n) is 11.5. The molecule has 4 nitrogen and oxygen atoms in total. The molecule has 2 aromatic rings. The van der Waals surface area contributed by atoms with E-state index in [1.807, 2.05) is 18.2 Å². The third kappa shape index (κ3) is 3.14. The number of nitrogens with one attached hydrogen (secondary N) is 1. The van der Waals surface area contributed by atoms with Crippen molar-refractivity contribution in [2.75, 3.05) is 31.1 Å². The number of anilines is 1. The maximum absolute atomic E-state index is 5.77. The first kappa shape index (κ1) is 13.1. The Hall–Kier alpha value is -1.94. The van der Waals surface area contributed by atoms with Crippen molar-refractivity contribution in [3.05, 3.63) is 48.4 Å². The summed E-state index contributed by atoms with van der Waals surface area (Å²) in [6, 6.07) is 10.3. The Morgan fingerprint density at radius 1 is 1.20 bits per heavy atom. The predicted octanol–water partition coefficient (Wildman–Crippen LogP) is 2.66. The van der Waals surface area contributed by atoms with Crippen LogP contribution in [0.1, 0.15) is 12.0 Å². The lowest BCUT2D eigenvalue weighted by molar-refractivity contribution is 0.322. The van der Waals surface area contributed by atoms with E-state index in [1.165, 1.54) is 11.3 Å². The van der Waals surface area contributed by atoms with Gasteiger partial charge in [-0.25, -0.2) is 0 Å². The fourth-order valence-electron chi connectivity index (χ4n) is 2.47.